The van der Waals surface area contributed by atoms with Crippen LogP contribution >= 0.6 is 0 Å². The van der Waals surface area contributed by atoms with E-state index in [0.717, 1.165) is 19.5 Å². The number of ether oxygens (including phenoxy) is 3. The maximum atomic E-state index is 12.5. The highest BCUT2D eigenvalue weighted by Gasteiger charge is 2.24. The van der Waals surface area contributed by atoms with Crippen molar-refractivity contribution < 1.29 is 19.0 Å². The number of methoxy groups -OCH3 is 3. The van der Waals surface area contributed by atoms with Crippen molar-refractivity contribution in [3.63, 3.8) is 0 Å². The third kappa shape index (κ3) is 3.44. The van der Waals surface area contributed by atoms with Gasteiger partial charge in [0.15, 0.2) is 11.5 Å². The van der Waals surface area contributed by atoms with Crippen LogP contribution in [0.25, 0.3) is 0 Å². The molecule has 6 heteroatoms. The van der Waals surface area contributed by atoms with Crippen LogP contribution in [0.15, 0.2) is 12.1 Å². The third-order valence-electron chi connectivity index (χ3n) is 4.03. The lowest BCUT2D eigenvalue weighted by molar-refractivity contribution is 0.0913. The second-order valence-corrected chi connectivity index (χ2v) is 5.46. The standard InChI is InChI=1S/C16H24N2O4/c1-10-9-17-6-5-12(10)18-16(19)11-7-13(20-2)15(22-4)14(8-11)21-3/h7-8,10,12,17H,5-6,9H2,1-4H3,(H,18,19). The molecule has 0 spiro atoms. The zero-order valence-corrected chi connectivity index (χ0v) is 13.6. The second kappa shape index (κ2) is 7.35. The van der Waals surface area contributed by atoms with E-state index in [1.54, 1.807) is 12.1 Å². The summed E-state index contributed by atoms with van der Waals surface area (Å²) in [7, 11) is 4.61. The first-order valence-electron chi connectivity index (χ1n) is 7.42. The Kier molecular flexibility index (Phi) is 5.49. The van der Waals surface area contributed by atoms with Gasteiger partial charge in [0.2, 0.25) is 5.75 Å². The van der Waals surface area contributed by atoms with Crippen LogP contribution in [0.1, 0.15) is 23.7 Å². The van der Waals surface area contributed by atoms with Gasteiger partial charge in [-0.15, -0.1) is 0 Å². The monoisotopic (exact) mass is 308 g/mol. The molecule has 1 fully saturated rings. The summed E-state index contributed by atoms with van der Waals surface area (Å²) in [5, 5.41) is 6.42. The number of nitrogens with one attached hydrogen (secondary N) is 2. The van der Waals surface area contributed by atoms with Gasteiger partial charge in [-0.3, -0.25) is 4.79 Å². The predicted molar refractivity (Wildman–Crippen MR) is 84.0 cm³/mol. The SMILES string of the molecule is COc1cc(C(=O)NC2CCNCC2C)cc(OC)c1OC. The molecule has 0 bridgehead atoms. The first-order chi connectivity index (χ1) is 10.6. The molecule has 1 heterocycles. The molecule has 1 saturated heterocycles. The summed E-state index contributed by atoms with van der Waals surface area (Å²) in [5.41, 5.74) is 0.500. The Morgan fingerprint density at radius 2 is 1.82 bits per heavy atom. The molecule has 1 aliphatic rings. The molecule has 1 aliphatic heterocycles. The maximum absolute atomic E-state index is 12.5. The van der Waals surface area contributed by atoms with Gasteiger partial charge in [-0.2, -0.15) is 0 Å². The van der Waals surface area contributed by atoms with Crippen LogP contribution in [0.5, 0.6) is 17.2 Å². The van der Waals surface area contributed by atoms with Crippen molar-refractivity contribution in [2.45, 2.75) is 19.4 Å². The summed E-state index contributed by atoms with van der Waals surface area (Å²) in [5.74, 6) is 1.71. The zero-order valence-electron chi connectivity index (χ0n) is 13.6. The van der Waals surface area contributed by atoms with Crippen LogP contribution in [0.4, 0.5) is 0 Å². The summed E-state index contributed by atoms with van der Waals surface area (Å²) in [4.78, 5) is 12.5. The zero-order chi connectivity index (χ0) is 16.1. The minimum absolute atomic E-state index is 0.127. The van der Waals surface area contributed by atoms with E-state index in [-0.39, 0.29) is 11.9 Å². The van der Waals surface area contributed by atoms with Gasteiger partial charge in [0.05, 0.1) is 21.3 Å². The van der Waals surface area contributed by atoms with Crippen molar-refractivity contribution in [3.8, 4) is 17.2 Å². The maximum Gasteiger partial charge on any atom is 0.251 e. The van der Waals surface area contributed by atoms with Gasteiger partial charge in [0.1, 0.15) is 0 Å². The Bertz CT molecular complexity index is 508. The van der Waals surface area contributed by atoms with E-state index in [1.807, 2.05) is 0 Å². The van der Waals surface area contributed by atoms with E-state index in [4.69, 9.17) is 14.2 Å². The molecule has 2 rings (SSSR count). The lowest BCUT2D eigenvalue weighted by Crippen LogP contribution is -2.48. The Hall–Kier alpha value is -1.95. The molecule has 0 radical (unpaired) electrons. The summed E-state index contributed by atoms with van der Waals surface area (Å²) >= 11 is 0. The van der Waals surface area contributed by atoms with Gasteiger partial charge >= 0.3 is 0 Å². The quantitative estimate of drug-likeness (QED) is 0.861. The van der Waals surface area contributed by atoms with Gasteiger partial charge in [-0.1, -0.05) is 6.92 Å². The first kappa shape index (κ1) is 16.4. The summed E-state index contributed by atoms with van der Waals surface area (Å²) in [6, 6.07) is 3.51. The van der Waals surface area contributed by atoms with Crippen molar-refractivity contribution in [1.82, 2.24) is 10.6 Å². The lowest BCUT2D eigenvalue weighted by Gasteiger charge is -2.30. The van der Waals surface area contributed by atoms with E-state index in [0.29, 0.717) is 28.7 Å². The molecule has 2 N–H and O–H groups in total. The second-order valence-electron chi connectivity index (χ2n) is 5.46. The van der Waals surface area contributed by atoms with E-state index in [9.17, 15) is 4.79 Å². The molecule has 2 atom stereocenters. The topological polar surface area (TPSA) is 68.8 Å². The highest BCUT2D eigenvalue weighted by molar-refractivity contribution is 5.95. The Labute approximate surface area is 131 Å². The number of benzene rings is 1. The molecule has 1 aromatic rings. The first-order valence-corrected chi connectivity index (χ1v) is 7.42. The van der Waals surface area contributed by atoms with Crippen LogP contribution in [0.3, 0.4) is 0 Å². The Morgan fingerprint density at radius 1 is 1.18 bits per heavy atom. The van der Waals surface area contributed by atoms with Crippen molar-refractivity contribution in [2.75, 3.05) is 34.4 Å². The molecule has 0 saturated carbocycles. The minimum atomic E-state index is -0.127. The van der Waals surface area contributed by atoms with Crippen LogP contribution < -0.4 is 24.8 Å². The van der Waals surface area contributed by atoms with Crippen molar-refractivity contribution in [1.29, 1.82) is 0 Å². The van der Waals surface area contributed by atoms with Crippen LogP contribution in [0, 0.1) is 5.92 Å². The molecular formula is C16H24N2O4. The van der Waals surface area contributed by atoms with Gasteiger partial charge in [0, 0.05) is 11.6 Å². The molecular weight excluding hydrogens is 284 g/mol. The van der Waals surface area contributed by atoms with E-state index in [1.165, 1.54) is 21.3 Å². The number of piperidine rings is 1. The number of hydrogen-bond donors (Lipinski definition) is 2. The number of amides is 1. The van der Waals surface area contributed by atoms with Crippen LogP contribution in [0.2, 0.25) is 0 Å². The molecule has 0 aliphatic carbocycles. The fourth-order valence-electron chi connectivity index (χ4n) is 2.69. The van der Waals surface area contributed by atoms with Gasteiger partial charge in [-0.05, 0) is 37.6 Å². The molecule has 6 nitrogen and oxygen atoms in total. The minimum Gasteiger partial charge on any atom is -0.493 e. The normalized spacial score (nSPS) is 21.1. The molecule has 1 amide bonds. The van der Waals surface area contributed by atoms with Gasteiger partial charge < -0.3 is 24.8 Å². The molecule has 22 heavy (non-hydrogen) atoms. The number of carbonyl (C=O) groups is 1. The number of carbonyl (C=O) groups excluding carboxylic acids is 1. The largest absolute Gasteiger partial charge is 0.493 e. The number of hydrogen-bond acceptors (Lipinski definition) is 5. The molecule has 122 valence electrons. The summed E-state index contributed by atoms with van der Waals surface area (Å²) in [6.07, 6.45) is 0.928. The van der Waals surface area contributed by atoms with E-state index in [2.05, 4.69) is 17.6 Å². The van der Waals surface area contributed by atoms with Crippen LogP contribution in [-0.2, 0) is 0 Å². The van der Waals surface area contributed by atoms with Gasteiger partial charge in [-0.25, -0.2) is 0 Å². The summed E-state index contributed by atoms with van der Waals surface area (Å²) in [6.45, 7) is 3.97. The smallest absolute Gasteiger partial charge is 0.251 e. The van der Waals surface area contributed by atoms with Crippen molar-refractivity contribution in [2.24, 2.45) is 5.92 Å². The van der Waals surface area contributed by atoms with Gasteiger partial charge in [0.25, 0.3) is 5.91 Å². The Morgan fingerprint density at radius 3 is 2.32 bits per heavy atom. The van der Waals surface area contributed by atoms with Crippen LogP contribution in [-0.4, -0.2) is 46.4 Å². The third-order valence-corrected chi connectivity index (χ3v) is 4.03. The molecule has 0 aromatic heterocycles. The fourth-order valence-corrected chi connectivity index (χ4v) is 2.69. The predicted octanol–water partition coefficient (Wildman–Crippen LogP) is 1.44. The van der Waals surface area contributed by atoms with Crippen molar-refractivity contribution >= 4 is 5.91 Å². The lowest BCUT2D eigenvalue weighted by atomic mass is 9.95. The average molecular weight is 308 g/mol. The highest BCUT2D eigenvalue weighted by atomic mass is 16.5. The average Bonchev–Trinajstić information content (AvgIpc) is 2.55. The van der Waals surface area contributed by atoms with E-state index < -0.39 is 0 Å². The fraction of sp³-hybridized carbons (Fsp3) is 0.562. The van der Waals surface area contributed by atoms with E-state index >= 15 is 0 Å². The summed E-state index contributed by atoms with van der Waals surface area (Å²) < 4.78 is 15.8. The van der Waals surface area contributed by atoms with Crippen molar-refractivity contribution in [3.05, 3.63) is 17.7 Å². The Balaban J connectivity index is 2.21. The number of rotatable bonds is 5. The molecule has 2 unspecified atom stereocenters. The molecule has 1 aromatic carbocycles. The highest BCUT2D eigenvalue weighted by Crippen LogP contribution is 2.38.